The van der Waals surface area contributed by atoms with Crippen LogP contribution in [0.5, 0.6) is 0 Å². The number of nitriles is 1. The lowest BCUT2D eigenvalue weighted by atomic mass is 10.0. The Kier molecular flexibility index (Phi) is 1.38. The molecule has 0 aromatic carbocycles. The Bertz CT molecular complexity index is 112. The summed E-state index contributed by atoms with van der Waals surface area (Å²) in [6.07, 6.45) is 4.47. The summed E-state index contributed by atoms with van der Waals surface area (Å²) in [4.78, 5) is 1.83. The highest BCUT2D eigenvalue weighted by Crippen LogP contribution is 2.17. The normalized spacial score (nSPS) is 26.5. The fourth-order valence-electron chi connectivity index (χ4n) is 0.997. The van der Waals surface area contributed by atoms with Gasteiger partial charge < -0.3 is 4.90 Å². The molecule has 0 saturated carbocycles. The minimum Gasteiger partial charge on any atom is -0.307 e. The fraction of sp³-hybridized carbons (Fsp3) is 0.833. The van der Waals surface area contributed by atoms with Crippen molar-refractivity contribution in [3.63, 3.8) is 0 Å². The van der Waals surface area contributed by atoms with Crippen LogP contribution >= 0.6 is 0 Å². The molecule has 44 valence electrons. The molecule has 0 aromatic rings. The summed E-state index contributed by atoms with van der Waals surface area (Å²) in [5.74, 6) is 0. The van der Waals surface area contributed by atoms with Gasteiger partial charge in [-0.1, -0.05) is 6.92 Å². The average molecular weight is 110 g/mol. The van der Waals surface area contributed by atoms with Gasteiger partial charge >= 0.3 is 0 Å². The highest BCUT2D eigenvalue weighted by molar-refractivity contribution is 4.90. The lowest BCUT2D eigenvalue weighted by Gasteiger charge is -2.35. The van der Waals surface area contributed by atoms with E-state index < -0.39 is 0 Å². The van der Waals surface area contributed by atoms with Gasteiger partial charge in [-0.05, 0) is 12.8 Å². The zero-order valence-corrected chi connectivity index (χ0v) is 5.09. The van der Waals surface area contributed by atoms with E-state index in [1.807, 2.05) is 4.90 Å². The molecule has 1 aliphatic heterocycles. The van der Waals surface area contributed by atoms with E-state index in [1.165, 1.54) is 6.42 Å². The Labute approximate surface area is 49.7 Å². The highest BCUT2D eigenvalue weighted by Gasteiger charge is 2.23. The Morgan fingerprint density at radius 2 is 2.62 bits per heavy atom. The second kappa shape index (κ2) is 2.04. The van der Waals surface area contributed by atoms with E-state index in [9.17, 15) is 0 Å². The molecule has 0 radical (unpaired) electrons. The van der Waals surface area contributed by atoms with Crippen LogP contribution in [-0.2, 0) is 0 Å². The summed E-state index contributed by atoms with van der Waals surface area (Å²) < 4.78 is 0. The van der Waals surface area contributed by atoms with Gasteiger partial charge in [0.15, 0.2) is 6.19 Å². The first kappa shape index (κ1) is 5.43. The predicted octanol–water partition coefficient (Wildman–Crippen LogP) is 0.952. The first-order valence-electron chi connectivity index (χ1n) is 3.05. The van der Waals surface area contributed by atoms with E-state index in [0.29, 0.717) is 6.04 Å². The van der Waals surface area contributed by atoms with Crippen molar-refractivity contribution in [3.05, 3.63) is 0 Å². The minimum absolute atomic E-state index is 0.569. The third-order valence-corrected chi connectivity index (χ3v) is 1.74. The second-order valence-corrected chi connectivity index (χ2v) is 2.14. The van der Waals surface area contributed by atoms with Gasteiger partial charge in [0.05, 0.1) is 0 Å². The van der Waals surface area contributed by atoms with Crippen LogP contribution in [0.4, 0.5) is 0 Å². The summed E-state index contributed by atoms with van der Waals surface area (Å²) >= 11 is 0. The second-order valence-electron chi connectivity index (χ2n) is 2.14. The molecule has 1 rings (SSSR count). The lowest BCUT2D eigenvalue weighted by Crippen LogP contribution is -2.43. The van der Waals surface area contributed by atoms with Crippen molar-refractivity contribution in [1.82, 2.24) is 4.90 Å². The molecule has 2 nitrogen and oxygen atoms in total. The largest absolute Gasteiger partial charge is 0.307 e. The van der Waals surface area contributed by atoms with Gasteiger partial charge in [-0.2, -0.15) is 5.26 Å². The fourth-order valence-corrected chi connectivity index (χ4v) is 0.997. The van der Waals surface area contributed by atoms with Crippen LogP contribution in [0.25, 0.3) is 0 Å². The number of hydrogen-bond donors (Lipinski definition) is 0. The van der Waals surface area contributed by atoms with Crippen molar-refractivity contribution < 1.29 is 0 Å². The van der Waals surface area contributed by atoms with Crippen molar-refractivity contribution in [3.8, 4) is 6.19 Å². The molecule has 0 spiro atoms. The Morgan fingerprint density at radius 1 is 1.88 bits per heavy atom. The molecule has 0 aromatic heterocycles. The average Bonchev–Trinajstić information content (AvgIpc) is 1.66. The van der Waals surface area contributed by atoms with Crippen LogP contribution < -0.4 is 0 Å². The molecule has 0 N–H and O–H groups in total. The maximum atomic E-state index is 8.36. The lowest BCUT2D eigenvalue weighted by molar-refractivity contribution is 0.162. The third kappa shape index (κ3) is 0.645. The first-order valence-corrected chi connectivity index (χ1v) is 3.05. The van der Waals surface area contributed by atoms with E-state index >= 15 is 0 Å². The molecule has 1 aliphatic rings. The molecular formula is C6H10N2. The topological polar surface area (TPSA) is 27.0 Å². The molecule has 1 atom stereocenters. The maximum absolute atomic E-state index is 8.36. The van der Waals surface area contributed by atoms with Gasteiger partial charge in [0, 0.05) is 12.6 Å². The van der Waals surface area contributed by atoms with Gasteiger partial charge in [-0.15, -0.1) is 0 Å². The van der Waals surface area contributed by atoms with Crippen LogP contribution in [0, 0.1) is 11.5 Å². The quantitative estimate of drug-likeness (QED) is 0.470. The Hall–Kier alpha value is -0.710. The standard InChI is InChI=1S/C6H10N2/c1-2-6-3-4-8(6)5-7/h6H,2-4H2,1H3. The summed E-state index contributed by atoms with van der Waals surface area (Å²) in [5, 5.41) is 8.36. The van der Waals surface area contributed by atoms with Crippen LogP contribution in [0.2, 0.25) is 0 Å². The summed E-state index contributed by atoms with van der Waals surface area (Å²) in [7, 11) is 0. The molecule has 0 bridgehead atoms. The zero-order valence-electron chi connectivity index (χ0n) is 5.09. The number of likely N-dealkylation sites (tertiary alicyclic amines) is 1. The van der Waals surface area contributed by atoms with E-state index in [1.54, 1.807) is 0 Å². The van der Waals surface area contributed by atoms with Crippen LogP contribution in [-0.4, -0.2) is 17.5 Å². The molecular weight excluding hydrogens is 100 g/mol. The SMILES string of the molecule is CCC1CCN1C#N. The first-order chi connectivity index (χ1) is 3.88. The summed E-state index contributed by atoms with van der Waals surface area (Å²) in [5.41, 5.74) is 0. The molecule has 1 fully saturated rings. The van der Waals surface area contributed by atoms with Gasteiger partial charge in [-0.25, -0.2) is 0 Å². The maximum Gasteiger partial charge on any atom is 0.179 e. The molecule has 0 aliphatic carbocycles. The number of nitrogens with zero attached hydrogens (tertiary/aromatic N) is 2. The molecule has 2 heteroatoms. The van der Waals surface area contributed by atoms with Crippen molar-refractivity contribution in [2.45, 2.75) is 25.8 Å². The molecule has 1 saturated heterocycles. The summed E-state index contributed by atoms with van der Waals surface area (Å²) in [6.45, 7) is 3.10. The van der Waals surface area contributed by atoms with Gasteiger partial charge in [0.1, 0.15) is 0 Å². The molecule has 1 heterocycles. The minimum atomic E-state index is 0.569. The highest BCUT2D eigenvalue weighted by atomic mass is 15.2. The predicted molar refractivity (Wildman–Crippen MR) is 31.0 cm³/mol. The molecule has 8 heavy (non-hydrogen) atoms. The Balaban J connectivity index is 2.29. The molecule has 1 unspecified atom stereocenters. The Morgan fingerprint density at radius 3 is 2.75 bits per heavy atom. The van der Waals surface area contributed by atoms with Crippen LogP contribution in [0.3, 0.4) is 0 Å². The smallest absolute Gasteiger partial charge is 0.179 e. The van der Waals surface area contributed by atoms with E-state index in [-0.39, 0.29) is 0 Å². The number of hydrogen-bond acceptors (Lipinski definition) is 2. The van der Waals surface area contributed by atoms with Crippen LogP contribution in [0.1, 0.15) is 19.8 Å². The van der Waals surface area contributed by atoms with Crippen molar-refractivity contribution in [2.75, 3.05) is 6.54 Å². The van der Waals surface area contributed by atoms with Gasteiger partial charge in [0.25, 0.3) is 0 Å². The van der Waals surface area contributed by atoms with Crippen molar-refractivity contribution in [1.29, 1.82) is 5.26 Å². The van der Waals surface area contributed by atoms with Gasteiger partial charge in [0.2, 0.25) is 0 Å². The van der Waals surface area contributed by atoms with Crippen molar-refractivity contribution >= 4 is 0 Å². The zero-order chi connectivity index (χ0) is 5.98. The van der Waals surface area contributed by atoms with E-state index in [2.05, 4.69) is 13.1 Å². The van der Waals surface area contributed by atoms with Gasteiger partial charge in [-0.3, -0.25) is 0 Å². The van der Waals surface area contributed by atoms with E-state index in [0.717, 1.165) is 13.0 Å². The number of rotatable bonds is 1. The molecule has 0 amide bonds. The summed E-state index contributed by atoms with van der Waals surface area (Å²) in [6, 6.07) is 0.569. The monoisotopic (exact) mass is 110 g/mol. The van der Waals surface area contributed by atoms with Crippen molar-refractivity contribution in [2.24, 2.45) is 0 Å². The third-order valence-electron chi connectivity index (χ3n) is 1.74. The van der Waals surface area contributed by atoms with Crippen LogP contribution in [0.15, 0.2) is 0 Å². The van der Waals surface area contributed by atoms with E-state index in [4.69, 9.17) is 5.26 Å².